The fourth-order valence-electron chi connectivity index (χ4n) is 2.72. The number of carbonyl (C=O) groups is 2. The second kappa shape index (κ2) is 10.2. The molecule has 0 atom stereocenters. The van der Waals surface area contributed by atoms with Crippen LogP contribution in [0.25, 0.3) is 0 Å². The highest BCUT2D eigenvalue weighted by Gasteiger charge is 2.20. The molecule has 1 aromatic carbocycles. The van der Waals surface area contributed by atoms with Crippen LogP contribution in [-0.4, -0.2) is 60.9 Å². The summed E-state index contributed by atoms with van der Waals surface area (Å²) < 4.78 is 0. The molecule has 0 unspecified atom stereocenters. The van der Waals surface area contributed by atoms with Gasteiger partial charge in [0.1, 0.15) is 0 Å². The Hall–Kier alpha value is -1.69. The SMILES string of the molecule is CCSCCC(=O)NCCC(=O)N1CCN(c2ccccc2)CC1. The monoisotopic (exact) mass is 349 g/mol. The van der Waals surface area contributed by atoms with Gasteiger partial charge in [0.15, 0.2) is 0 Å². The van der Waals surface area contributed by atoms with E-state index in [4.69, 9.17) is 0 Å². The Bertz CT molecular complexity index is 516. The van der Waals surface area contributed by atoms with E-state index in [0.29, 0.717) is 19.4 Å². The van der Waals surface area contributed by atoms with Crippen molar-refractivity contribution in [2.24, 2.45) is 0 Å². The minimum atomic E-state index is 0.0395. The minimum absolute atomic E-state index is 0.0395. The van der Waals surface area contributed by atoms with Gasteiger partial charge in [-0.3, -0.25) is 9.59 Å². The van der Waals surface area contributed by atoms with Crippen molar-refractivity contribution in [1.82, 2.24) is 10.2 Å². The lowest BCUT2D eigenvalue weighted by molar-refractivity contribution is -0.131. The van der Waals surface area contributed by atoms with Gasteiger partial charge in [-0.1, -0.05) is 25.1 Å². The molecular weight excluding hydrogens is 322 g/mol. The van der Waals surface area contributed by atoms with Crippen LogP contribution in [0.15, 0.2) is 30.3 Å². The molecule has 24 heavy (non-hydrogen) atoms. The van der Waals surface area contributed by atoms with Crippen molar-refractivity contribution in [3.8, 4) is 0 Å². The number of para-hydroxylation sites is 1. The van der Waals surface area contributed by atoms with E-state index < -0.39 is 0 Å². The predicted octanol–water partition coefficient (Wildman–Crippen LogP) is 1.98. The minimum Gasteiger partial charge on any atom is -0.368 e. The Morgan fingerprint density at radius 1 is 1.08 bits per heavy atom. The highest BCUT2D eigenvalue weighted by molar-refractivity contribution is 7.99. The number of rotatable bonds is 8. The number of anilines is 1. The highest BCUT2D eigenvalue weighted by atomic mass is 32.2. The zero-order valence-electron chi connectivity index (χ0n) is 14.4. The third-order valence-corrected chi connectivity index (χ3v) is 4.99. The highest BCUT2D eigenvalue weighted by Crippen LogP contribution is 2.15. The Balaban J connectivity index is 1.63. The van der Waals surface area contributed by atoms with Gasteiger partial charge < -0.3 is 15.1 Å². The van der Waals surface area contributed by atoms with E-state index in [9.17, 15) is 9.59 Å². The van der Waals surface area contributed by atoms with Crippen molar-refractivity contribution >= 4 is 29.3 Å². The normalized spacial score (nSPS) is 14.5. The van der Waals surface area contributed by atoms with Crippen molar-refractivity contribution < 1.29 is 9.59 Å². The van der Waals surface area contributed by atoms with E-state index in [1.807, 2.05) is 23.1 Å². The second-order valence-corrected chi connectivity index (χ2v) is 7.14. The fraction of sp³-hybridized carbons (Fsp3) is 0.556. The zero-order valence-corrected chi connectivity index (χ0v) is 15.2. The van der Waals surface area contributed by atoms with E-state index in [2.05, 4.69) is 29.3 Å². The number of thioether (sulfide) groups is 1. The van der Waals surface area contributed by atoms with Gasteiger partial charge in [-0.05, 0) is 17.9 Å². The Labute approximate surface area is 148 Å². The van der Waals surface area contributed by atoms with E-state index >= 15 is 0 Å². The van der Waals surface area contributed by atoms with Gasteiger partial charge in [0.2, 0.25) is 11.8 Å². The molecule has 2 amide bonds. The average molecular weight is 350 g/mol. The van der Waals surface area contributed by atoms with Crippen LogP contribution in [0.1, 0.15) is 19.8 Å². The Kier molecular flexibility index (Phi) is 7.95. The average Bonchev–Trinajstić information content (AvgIpc) is 2.63. The number of piperazine rings is 1. The Morgan fingerprint density at radius 3 is 2.46 bits per heavy atom. The molecule has 0 radical (unpaired) electrons. The van der Waals surface area contributed by atoms with Crippen molar-refractivity contribution in [1.29, 1.82) is 0 Å². The summed E-state index contributed by atoms with van der Waals surface area (Å²) in [6.07, 6.45) is 0.917. The summed E-state index contributed by atoms with van der Waals surface area (Å²) in [6.45, 7) is 5.72. The molecule has 1 aliphatic rings. The van der Waals surface area contributed by atoms with Gasteiger partial charge in [0, 0.05) is 57.0 Å². The topological polar surface area (TPSA) is 52.7 Å². The summed E-state index contributed by atoms with van der Waals surface area (Å²) in [5.74, 6) is 2.04. The van der Waals surface area contributed by atoms with Crippen LogP contribution in [0.4, 0.5) is 5.69 Å². The predicted molar refractivity (Wildman–Crippen MR) is 100 cm³/mol. The molecule has 132 valence electrons. The molecule has 1 N–H and O–H groups in total. The van der Waals surface area contributed by atoms with E-state index in [1.54, 1.807) is 11.8 Å². The van der Waals surface area contributed by atoms with Crippen LogP contribution in [0, 0.1) is 0 Å². The molecule has 0 spiro atoms. The number of benzene rings is 1. The Morgan fingerprint density at radius 2 is 1.79 bits per heavy atom. The molecule has 1 saturated heterocycles. The van der Waals surface area contributed by atoms with Crippen LogP contribution in [0.2, 0.25) is 0 Å². The summed E-state index contributed by atoms with van der Waals surface area (Å²) >= 11 is 1.76. The van der Waals surface area contributed by atoms with Gasteiger partial charge in [0.25, 0.3) is 0 Å². The summed E-state index contributed by atoms with van der Waals surface area (Å²) in [5.41, 5.74) is 1.21. The molecule has 0 bridgehead atoms. The lowest BCUT2D eigenvalue weighted by Crippen LogP contribution is -2.49. The van der Waals surface area contributed by atoms with Crippen molar-refractivity contribution in [3.05, 3.63) is 30.3 Å². The summed E-state index contributed by atoms with van der Waals surface area (Å²) in [5, 5.41) is 2.84. The van der Waals surface area contributed by atoms with E-state index in [0.717, 1.165) is 37.7 Å². The van der Waals surface area contributed by atoms with Crippen LogP contribution in [-0.2, 0) is 9.59 Å². The molecule has 0 saturated carbocycles. The third kappa shape index (κ3) is 6.07. The number of carbonyl (C=O) groups excluding carboxylic acids is 2. The maximum absolute atomic E-state index is 12.2. The first-order valence-corrected chi connectivity index (χ1v) is 9.78. The number of amides is 2. The lowest BCUT2D eigenvalue weighted by Gasteiger charge is -2.36. The molecule has 1 aromatic rings. The molecule has 0 aromatic heterocycles. The smallest absolute Gasteiger partial charge is 0.224 e. The number of nitrogens with one attached hydrogen (secondary N) is 1. The summed E-state index contributed by atoms with van der Waals surface area (Å²) in [4.78, 5) is 28.1. The number of hydrogen-bond donors (Lipinski definition) is 1. The molecule has 1 heterocycles. The maximum Gasteiger partial charge on any atom is 0.224 e. The number of nitrogens with zero attached hydrogens (tertiary/aromatic N) is 2. The first kappa shape index (κ1) is 18.6. The van der Waals surface area contributed by atoms with Gasteiger partial charge >= 0.3 is 0 Å². The molecule has 2 rings (SSSR count). The van der Waals surface area contributed by atoms with Crippen molar-refractivity contribution in [2.45, 2.75) is 19.8 Å². The first-order valence-electron chi connectivity index (χ1n) is 8.63. The molecular formula is C18H27N3O2S. The van der Waals surface area contributed by atoms with Crippen LogP contribution < -0.4 is 10.2 Å². The van der Waals surface area contributed by atoms with Gasteiger partial charge in [-0.2, -0.15) is 11.8 Å². The van der Waals surface area contributed by atoms with Crippen LogP contribution >= 0.6 is 11.8 Å². The zero-order chi connectivity index (χ0) is 17.2. The van der Waals surface area contributed by atoms with Crippen molar-refractivity contribution in [3.63, 3.8) is 0 Å². The molecule has 1 aliphatic heterocycles. The van der Waals surface area contributed by atoms with Crippen molar-refractivity contribution in [2.75, 3.05) is 49.1 Å². The fourth-order valence-corrected chi connectivity index (χ4v) is 3.34. The number of hydrogen-bond acceptors (Lipinski definition) is 4. The molecule has 1 fully saturated rings. The van der Waals surface area contributed by atoms with Gasteiger partial charge in [-0.15, -0.1) is 0 Å². The van der Waals surface area contributed by atoms with Gasteiger partial charge in [0.05, 0.1) is 0 Å². The standard InChI is InChI=1S/C18H27N3O2S/c1-2-24-15-9-17(22)19-10-8-18(23)21-13-11-20(12-14-21)16-6-4-3-5-7-16/h3-7H,2,8-15H2,1H3,(H,19,22). The molecule has 0 aliphatic carbocycles. The van der Waals surface area contributed by atoms with Crippen LogP contribution in [0.5, 0.6) is 0 Å². The first-order chi connectivity index (χ1) is 11.7. The quantitative estimate of drug-likeness (QED) is 0.729. The lowest BCUT2D eigenvalue weighted by atomic mass is 10.2. The van der Waals surface area contributed by atoms with Crippen LogP contribution in [0.3, 0.4) is 0 Å². The second-order valence-electron chi connectivity index (χ2n) is 5.75. The largest absolute Gasteiger partial charge is 0.368 e. The van der Waals surface area contributed by atoms with E-state index in [-0.39, 0.29) is 11.8 Å². The third-order valence-electron chi connectivity index (χ3n) is 4.09. The maximum atomic E-state index is 12.2. The summed E-state index contributed by atoms with van der Waals surface area (Å²) in [7, 11) is 0. The van der Waals surface area contributed by atoms with E-state index in [1.165, 1.54) is 5.69 Å². The molecule has 5 nitrogen and oxygen atoms in total. The molecule has 6 heteroatoms. The summed E-state index contributed by atoms with van der Waals surface area (Å²) in [6, 6.07) is 10.3. The van der Waals surface area contributed by atoms with Gasteiger partial charge in [-0.25, -0.2) is 0 Å².